The van der Waals surface area contributed by atoms with Gasteiger partial charge in [-0.15, -0.1) is 0 Å². The molecule has 0 bridgehead atoms. The molecule has 1 aliphatic heterocycles. The molecular weight excluding hydrogens is 394 g/mol. The molecule has 1 amide bonds. The van der Waals surface area contributed by atoms with Crippen LogP contribution in [0.25, 0.3) is 22.1 Å². The standard InChI is InChI=1S/C22H20ClNO5/c1-14-12-24(7-8-27-14)21(25)13-28-20-11-19-17(9-18(20)23)16(10-22(26)29-19)15-5-3-2-4-6-15/h2-6,9-11,14H,7-8,12-13H2,1H3/t14-/m1/s1. The number of nitrogens with zero attached hydrogens (tertiary/aromatic N) is 1. The molecule has 0 saturated carbocycles. The number of halogens is 1. The van der Waals surface area contributed by atoms with E-state index in [1.165, 1.54) is 6.07 Å². The molecule has 0 unspecified atom stereocenters. The lowest BCUT2D eigenvalue weighted by atomic mass is 10.0. The summed E-state index contributed by atoms with van der Waals surface area (Å²) < 4.78 is 16.5. The second kappa shape index (κ2) is 8.27. The highest BCUT2D eigenvalue weighted by atomic mass is 35.5. The summed E-state index contributed by atoms with van der Waals surface area (Å²) in [5.74, 6) is 0.151. The number of hydrogen-bond acceptors (Lipinski definition) is 5. The Hall–Kier alpha value is -2.83. The van der Waals surface area contributed by atoms with E-state index in [1.807, 2.05) is 37.3 Å². The average molecular weight is 414 g/mol. The van der Waals surface area contributed by atoms with E-state index in [-0.39, 0.29) is 18.6 Å². The number of carbonyl (C=O) groups is 1. The van der Waals surface area contributed by atoms with Crippen LogP contribution in [0.15, 0.2) is 57.7 Å². The summed E-state index contributed by atoms with van der Waals surface area (Å²) in [5, 5.41) is 1.04. The van der Waals surface area contributed by atoms with Crippen molar-refractivity contribution in [3.05, 3.63) is 64.0 Å². The van der Waals surface area contributed by atoms with Crippen LogP contribution in [-0.2, 0) is 9.53 Å². The highest BCUT2D eigenvalue weighted by molar-refractivity contribution is 6.33. The van der Waals surface area contributed by atoms with Crippen molar-refractivity contribution in [2.75, 3.05) is 26.3 Å². The fraction of sp³-hybridized carbons (Fsp3) is 0.273. The Bertz CT molecular complexity index is 1100. The zero-order valence-electron chi connectivity index (χ0n) is 15.9. The summed E-state index contributed by atoms with van der Waals surface area (Å²) >= 11 is 6.41. The molecule has 150 valence electrons. The molecular formula is C22H20ClNO5. The summed E-state index contributed by atoms with van der Waals surface area (Å²) in [6.45, 7) is 3.35. The Morgan fingerprint density at radius 2 is 2.03 bits per heavy atom. The summed E-state index contributed by atoms with van der Waals surface area (Å²) in [5.41, 5.74) is 1.49. The fourth-order valence-corrected chi connectivity index (χ4v) is 3.62. The van der Waals surface area contributed by atoms with Gasteiger partial charge < -0.3 is 18.8 Å². The van der Waals surface area contributed by atoms with Gasteiger partial charge >= 0.3 is 5.63 Å². The Kier molecular flexibility index (Phi) is 5.56. The lowest BCUT2D eigenvalue weighted by Crippen LogP contribution is -2.46. The van der Waals surface area contributed by atoms with Gasteiger partial charge in [0.1, 0.15) is 11.3 Å². The van der Waals surface area contributed by atoms with Crippen molar-refractivity contribution in [2.45, 2.75) is 13.0 Å². The number of ether oxygens (including phenoxy) is 2. The van der Waals surface area contributed by atoms with E-state index < -0.39 is 5.63 Å². The van der Waals surface area contributed by atoms with Crippen molar-refractivity contribution in [2.24, 2.45) is 0 Å². The number of fused-ring (bicyclic) bond motifs is 1. The summed E-state index contributed by atoms with van der Waals surface area (Å²) in [4.78, 5) is 26.2. The topological polar surface area (TPSA) is 69.0 Å². The first kappa shape index (κ1) is 19.5. The number of hydrogen-bond donors (Lipinski definition) is 0. The van der Waals surface area contributed by atoms with Crippen LogP contribution >= 0.6 is 11.6 Å². The van der Waals surface area contributed by atoms with Crippen LogP contribution in [0.1, 0.15) is 6.92 Å². The first-order chi connectivity index (χ1) is 14.0. The molecule has 6 nitrogen and oxygen atoms in total. The Morgan fingerprint density at radius 1 is 1.24 bits per heavy atom. The normalized spacial score (nSPS) is 16.8. The van der Waals surface area contributed by atoms with Crippen molar-refractivity contribution in [1.29, 1.82) is 0 Å². The number of rotatable bonds is 4. The van der Waals surface area contributed by atoms with Gasteiger partial charge in [0.05, 0.1) is 17.7 Å². The van der Waals surface area contributed by atoms with Crippen molar-refractivity contribution in [3.63, 3.8) is 0 Å². The van der Waals surface area contributed by atoms with Gasteiger partial charge in [-0.25, -0.2) is 4.79 Å². The molecule has 1 aliphatic rings. The molecule has 0 spiro atoms. The number of morpholine rings is 1. The largest absolute Gasteiger partial charge is 0.482 e. The summed E-state index contributed by atoms with van der Waals surface area (Å²) in [6.07, 6.45) is 0.00244. The summed E-state index contributed by atoms with van der Waals surface area (Å²) in [6, 6.07) is 14.2. The lowest BCUT2D eigenvalue weighted by Gasteiger charge is -2.31. The molecule has 4 rings (SSSR count). The minimum atomic E-state index is -0.469. The van der Waals surface area contributed by atoms with E-state index >= 15 is 0 Å². The highest BCUT2D eigenvalue weighted by Gasteiger charge is 2.22. The maximum atomic E-state index is 12.4. The van der Waals surface area contributed by atoms with Gasteiger partial charge in [0.2, 0.25) is 0 Å². The maximum absolute atomic E-state index is 12.4. The van der Waals surface area contributed by atoms with Crippen molar-refractivity contribution in [3.8, 4) is 16.9 Å². The molecule has 2 aromatic carbocycles. The molecule has 1 saturated heterocycles. The minimum absolute atomic E-state index is 0.00244. The molecule has 29 heavy (non-hydrogen) atoms. The predicted octanol–water partition coefficient (Wildman–Crippen LogP) is 3.74. The first-order valence-electron chi connectivity index (χ1n) is 9.36. The Labute approximate surface area is 172 Å². The Morgan fingerprint density at radius 3 is 2.79 bits per heavy atom. The van der Waals surface area contributed by atoms with E-state index in [0.29, 0.717) is 41.4 Å². The zero-order chi connectivity index (χ0) is 20.4. The predicted molar refractivity (Wildman–Crippen MR) is 110 cm³/mol. The van der Waals surface area contributed by atoms with E-state index in [2.05, 4.69) is 0 Å². The van der Waals surface area contributed by atoms with Crippen LogP contribution in [-0.4, -0.2) is 43.2 Å². The van der Waals surface area contributed by atoms with Crippen LogP contribution in [0.2, 0.25) is 5.02 Å². The van der Waals surface area contributed by atoms with Crippen LogP contribution in [0, 0.1) is 0 Å². The fourth-order valence-electron chi connectivity index (χ4n) is 3.41. The second-order valence-corrected chi connectivity index (χ2v) is 7.34. The van der Waals surface area contributed by atoms with Gasteiger partial charge in [-0.1, -0.05) is 41.9 Å². The van der Waals surface area contributed by atoms with Crippen LogP contribution in [0.5, 0.6) is 5.75 Å². The zero-order valence-corrected chi connectivity index (χ0v) is 16.6. The molecule has 2 heterocycles. The van der Waals surface area contributed by atoms with Crippen LogP contribution in [0.4, 0.5) is 0 Å². The molecule has 0 aliphatic carbocycles. The van der Waals surface area contributed by atoms with E-state index in [9.17, 15) is 9.59 Å². The van der Waals surface area contributed by atoms with Gasteiger partial charge in [-0.3, -0.25) is 4.79 Å². The quantitative estimate of drug-likeness (QED) is 0.609. The number of carbonyl (C=O) groups excluding carboxylic acids is 1. The molecule has 1 fully saturated rings. The smallest absolute Gasteiger partial charge is 0.336 e. The van der Waals surface area contributed by atoms with Gasteiger partial charge in [0.15, 0.2) is 6.61 Å². The molecule has 1 atom stereocenters. The molecule has 0 N–H and O–H groups in total. The van der Waals surface area contributed by atoms with Crippen molar-refractivity contribution >= 4 is 28.5 Å². The average Bonchev–Trinajstić information content (AvgIpc) is 2.72. The van der Waals surface area contributed by atoms with E-state index in [1.54, 1.807) is 17.0 Å². The first-order valence-corrected chi connectivity index (χ1v) is 9.74. The molecule has 0 radical (unpaired) electrons. The van der Waals surface area contributed by atoms with Gasteiger partial charge in [-0.2, -0.15) is 0 Å². The van der Waals surface area contributed by atoms with E-state index in [4.69, 9.17) is 25.5 Å². The summed E-state index contributed by atoms with van der Waals surface area (Å²) in [7, 11) is 0. The SMILES string of the molecule is C[C@@H]1CN(C(=O)COc2cc3oc(=O)cc(-c4ccccc4)c3cc2Cl)CCO1. The van der Waals surface area contributed by atoms with Gasteiger partial charge in [0.25, 0.3) is 5.91 Å². The lowest BCUT2D eigenvalue weighted by molar-refractivity contribution is -0.140. The third-order valence-corrected chi connectivity index (χ3v) is 5.12. The van der Waals surface area contributed by atoms with Crippen molar-refractivity contribution in [1.82, 2.24) is 4.90 Å². The minimum Gasteiger partial charge on any atom is -0.482 e. The molecule has 7 heteroatoms. The highest BCUT2D eigenvalue weighted by Crippen LogP contribution is 2.34. The monoisotopic (exact) mass is 413 g/mol. The number of benzene rings is 2. The second-order valence-electron chi connectivity index (χ2n) is 6.93. The third-order valence-electron chi connectivity index (χ3n) is 4.83. The van der Waals surface area contributed by atoms with E-state index in [0.717, 1.165) is 11.1 Å². The maximum Gasteiger partial charge on any atom is 0.336 e. The van der Waals surface area contributed by atoms with Crippen LogP contribution in [0.3, 0.4) is 0 Å². The molecule has 3 aromatic rings. The third kappa shape index (κ3) is 4.28. The van der Waals surface area contributed by atoms with Gasteiger partial charge in [0, 0.05) is 30.6 Å². The number of amides is 1. The van der Waals surface area contributed by atoms with Crippen molar-refractivity contribution < 1.29 is 18.7 Å². The van der Waals surface area contributed by atoms with Crippen LogP contribution < -0.4 is 10.4 Å². The van der Waals surface area contributed by atoms with Gasteiger partial charge in [-0.05, 0) is 24.1 Å². The Balaban J connectivity index is 1.61. The molecule has 1 aromatic heterocycles.